The average molecular weight is 306 g/mol. The monoisotopic (exact) mass is 305 g/mol. The van der Waals surface area contributed by atoms with Crippen LogP contribution in [0.15, 0.2) is 17.3 Å². The molecule has 2 unspecified atom stereocenters. The highest BCUT2D eigenvalue weighted by Gasteiger charge is 2.34. The van der Waals surface area contributed by atoms with Crippen molar-refractivity contribution >= 4 is 21.6 Å². The second-order valence-electron chi connectivity index (χ2n) is 5.23. The van der Waals surface area contributed by atoms with Gasteiger partial charge >= 0.3 is 0 Å². The molecule has 2 heterocycles. The molecule has 0 bridgehead atoms. The number of hydrogen-bond acceptors (Lipinski definition) is 3. The van der Waals surface area contributed by atoms with Crippen LogP contribution in [0.5, 0.6) is 0 Å². The van der Waals surface area contributed by atoms with E-state index in [9.17, 15) is 8.42 Å². The molecule has 1 aliphatic rings. The summed E-state index contributed by atoms with van der Waals surface area (Å²) in [5.74, 6) is 0.821. The lowest BCUT2D eigenvalue weighted by Crippen LogP contribution is -2.44. The summed E-state index contributed by atoms with van der Waals surface area (Å²) in [6, 6.07) is 0.0533. The van der Waals surface area contributed by atoms with Gasteiger partial charge in [-0.2, -0.15) is 9.40 Å². The maximum absolute atomic E-state index is 12.6. The van der Waals surface area contributed by atoms with Gasteiger partial charge in [-0.05, 0) is 25.7 Å². The second-order valence-corrected chi connectivity index (χ2v) is 7.50. The van der Waals surface area contributed by atoms with Gasteiger partial charge < -0.3 is 0 Å². The molecule has 0 saturated carbocycles. The first-order valence-corrected chi connectivity index (χ1v) is 8.53. The van der Waals surface area contributed by atoms with E-state index in [0.717, 1.165) is 12.8 Å². The summed E-state index contributed by atoms with van der Waals surface area (Å²) in [6.07, 6.45) is 4.96. The van der Waals surface area contributed by atoms with Gasteiger partial charge in [0.25, 0.3) is 0 Å². The number of sulfonamides is 1. The quantitative estimate of drug-likeness (QED) is 0.799. The molecule has 1 fully saturated rings. The highest BCUT2D eigenvalue weighted by molar-refractivity contribution is 7.89. The minimum absolute atomic E-state index is 0.0533. The lowest BCUT2D eigenvalue weighted by molar-refractivity contribution is 0.218. The van der Waals surface area contributed by atoms with E-state index in [1.54, 1.807) is 15.2 Å². The fourth-order valence-electron chi connectivity index (χ4n) is 2.41. The Kier molecular flexibility index (Phi) is 4.53. The molecule has 1 saturated heterocycles. The summed E-state index contributed by atoms with van der Waals surface area (Å²) in [5, 5.41) is 4.04. The smallest absolute Gasteiger partial charge is 0.246 e. The molecule has 108 valence electrons. The van der Waals surface area contributed by atoms with Gasteiger partial charge in [-0.1, -0.05) is 6.92 Å². The molecule has 0 aromatic carbocycles. The van der Waals surface area contributed by atoms with Crippen molar-refractivity contribution < 1.29 is 8.42 Å². The Balaban J connectivity index is 2.24. The first-order chi connectivity index (χ1) is 8.95. The predicted octanol–water partition coefficient (Wildman–Crippen LogP) is 1.93. The van der Waals surface area contributed by atoms with Crippen LogP contribution >= 0.6 is 11.6 Å². The average Bonchev–Trinajstić information content (AvgIpc) is 2.82. The lowest BCUT2D eigenvalue weighted by Gasteiger charge is -2.35. The Morgan fingerprint density at radius 1 is 1.42 bits per heavy atom. The van der Waals surface area contributed by atoms with E-state index in [-0.39, 0.29) is 10.9 Å². The largest absolute Gasteiger partial charge is 0.270 e. The van der Waals surface area contributed by atoms with Crippen LogP contribution in [-0.4, -0.2) is 41.0 Å². The molecule has 2 rings (SSSR count). The van der Waals surface area contributed by atoms with Crippen LogP contribution in [0, 0.1) is 5.92 Å². The molecule has 0 radical (unpaired) electrons. The summed E-state index contributed by atoms with van der Waals surface area (Å²) in [6.45, 7) is 5.16. The van der Waals surface area contributed by atoms with E-state index in [0.29, 0.717) is 24.9 Å². The van der Waals surface area contributed by atoms with Crippen molar-refractivity contribution in [3.63, 3.8) is 0 Å². The van der Waals surface area contributed by atoms with Crippen LogP contribution in [0.4, 0.5) is 0 Å². The van der Waals surface area contributed by atoms with Gasteiger partial charge in [0, 0.05) is 24.7 Å². The molecule has 1 aromatic rings. The third kappa shape index (κ3) is 3.12. The predicted molar refractivity (Wildman–Crippen MR) is 74.7 cm³/mol. The first kappa shape index (κ1) is 14.8. The van der Waals surface area contributed by atoms with Crippen LogP contribution < -0.4 is 0 Å². The van der Waals surface area contributed by atoms with Gasteiger partial charge in [0.2, 0.25) is 10.0 Å². The van der Waals surface area contributed by atoms with E-state index in [4.69, 9.17) is 11.6 Å². The van der Waals surface area contributed by atoms with Crippen molar-refractivity contribution in [1.82, 2.24) is 14.1 Å². The molecule has 0 amide bonds. The molecule has 0 aliphatic carbocycles. The van der Waals surface area contributed by atoms with Crippen molar-refractivity contribution in [2.24, 2.45) is 5.92 Å². The standard InChI is InChI=1S/C12H20ClN3O2S/c1-10-3-4-11(2)16(8-10)19(17,18)12-7-14-15(9-12)6-5-13/h7,9-11H,3-6,8H2,1-2H3. The summed E-state index contributed by atoms with van der Waals surface area (Å²) >= 11 is 5.63. The molecule has 2 atom stereocenters. The number of piperidine rings is 1. The van der Waals surface area contributed by atoms with E-state index in [1.807, 2.05) is 6.92 Å². The molecule has 1 aliphatic heterocycles. The Hall–Kier alpha value is -0.590. The number of rotatable bonds is 4. The molecule has 7 heteroatoms. The molecule has 19 heavy (non-hydrogen) atoms. The summed E-state index contributed by atoms with van der Waals surface area (Å²) < 4.78 is 28.4. The van der Waals surface area contributed by atoms with E-state index in [1.165, 1.54) is 6.20 Å². The van der Waals surface area contributed by atoms with Crippen LogP contribution in [0.1, 0.15) is 26.7 Å². The van der Waals surface area contributed by atoms with E-state index in [2.05, 4.69) is 12.0 Å². The van der Waals surface area contributed by atoms with Crippen molar-refractivity contribution in [3.05, 3.63) is 12.4 Å². The zero-order valence-corrected chi connectivity index (χ0v) is 12.9. The molecule has 1 aromatic heterocycles. The highest BCUT2D eigenvalue weighted by Crippen LogP contribution is 2.27. The Morgan fingerprint density at radius 3 is 2.84 bits per heavy atom. The normalized spacial score (nSPS) is 25.6. The molecular formula is C12H20ClN3O2S. The van der Waals surface area contributed by atoms with E-state index < -0.39 is 10.0 Å². The molecule has 5 nitrogen and oxygen atoms in total. The molecule has 0 N–H and O–H groups in total. The fraction of sp³-hybridized carbons (Fsp3) is 0.750. The highest BCUT2D eigenvalue weighted by atomic mass is 35.5. The fourth-order valence-corrected chi connectivity index (χ4v) is 4.31. The van der Waals surface area contributed by atoms with Crippen LogP contribution in [-0.2, 0) is 16.6 Å². The zero-order valence-electron chi connectivity index (χ0n) is 11.3. The number of halogens is 1. The van der Waals surface area contributed by atoms with Gasteiger partial charge in [0.1, 0.15) is 4.90 Å². The van der Waals surface area contributed by atoms with Gasteiger partial charge in [-0.3, -0.25) is 4.68 Å². The Labute approximate surface area is 119 Å². The second kappa shape index (κ2) is 5.81. The summed E-state index contributed by atoms with van der Waals surface area (Å²) in [4.78, 5) is 0.263. The number of aryl methyl sites for hydroxylation is 1. The topological polar surface area (TPSA) is 55.2 Å². The zero-order chi connectivity index (χ0) is 14.0. The number of nitrogens with zero attached hydrogens (tertiary/aromatic N) is 3. The van der Waals surface area contributed by atoms with Crippen molar-refractivity contribution in [3.8, 4) is 0 Å². The third-order valence-electron chi connectivity index (χ3n) is 3.59. The summed E-state index contributed by atoms with van der Waals surface area (Å²) in [7, 11) is -3.43. The minimum atomic E-state index is -3.43. The number of alkyl halides is 1. The SMILES string of the molecule is CC1CCC(C)N(S(=O)(=O)c2cnn(CCCl)c2)C1. The van der Waals surface area contributed by atoms with E-state index >= 15 is 0 Å². The first-order valence-electron chi connectivity index (χ1n) is 6.55. The minimum Gasteiger partial charge on any atom is -0.270 e. The molecular weight excluding hydrogens is 286 g/mol. The number of aromatic nitrogens is 2. The van der Waals surface area contributed by atoms with Crippen molar-refractivity contribution in [1.29, 1.82) is 0 Å². The van der Waals surface area contributed by atoms with Gasteiger partial charge in [-0.25, -0.2) is 8.42 Å². The van der Waals surface area contributed by atoms with Gasteiger partial charge in [-0.15, -0.1) is 11.6 Å². The number of hydrogen-bond donors (Lipinski definition) is 0. The lowest BCUT2D eigenvalue weighted by atomic mass is 9.97. The summed E-state index contributed by atoms with van der Waals surface area (Å²) in [5.41, 5.74) is 0. The maximum atomic E-state index is 12.6. The van der Waals surface area contributed by atoms with Crippen LogP contribution in [0.25, 0.3) is 0 Å². The Morgan fingerprint density at radius 2 is 2.16 bits per heavy atom. The van der Waals surface area contributed by atoms with Crippen molar-refractivity contribution in [2.75, 3.05) is 12.4 Å². The van der Waals surface area contributed by atoms with Crippen LogP contribution in [0.2, 0.25) is 0 Å². The maximum Gasteiger partial charge on any atom is 0.246 e. The van der Waals surface area contributed by atoms with Crippen LogP contribution in [0.3, 0.4) is 0 Å². The van der Waals surface area contributed by atoms with Gasteiger partial charge in [0.15, 0.2) is 0 Å². The van der Waals surface area contributed by atoms with Gasteiger partial charge in [0.05, 0.1) is 12.7 Å². The molecule has 0 spiro atoms. The third-order valence-corrected chi connectivity index (χ3v) is 5.69. The van der Waals surface area contributed by atoms with Crippen molar-refractivity contribution in [2.45, 2.75) is 44.2 Å². The Bertz CT molecular complexity index is 529.